The lowest BCUT2D eigenvalue weighted by Gasteiger charge is -2.20. The molecule has 6 heteroatoms. The van der Waals surface area contributed by atoms with Crippen LogP contribution in [0.1, 0.15) is 348 Å². The third-order valence-electron chi connectivity index (χ3n) is 14.6. The Labute approximate surface area is 425 Å². The number of amides is 1. The van der Waals surface area contributed by atoms with E-state index in [1.807, 2.05) is 6.08 Å². The van der Waals surface area contributed by atoms with Gasteiger partial charge in [0, 0.05) is 12.8 Å². The molecule has 0 aromatic heterocycles. The van der Waals surface area contributed by atoms with Crippen LogP contribution in [0.25, 0.3) is 0 Å². The molecule has 0 heterocycles. The van der Waals surface area contributed by atoms with E-state index >= 15 is 0 Å². The molecule has 3 N–H and O–H groups in total. The van der Waals surface area contributed by atoms with Gasteiger partial charge >= 0.3 is 5.97 Å². The van der Waals surface area contributed by atoms with Gasteiger partial charge in [0.05, 0.1) is 25.4 Å². The topological polar surface area (TPSA) is 95.9 Å². The number of hydrogen-bond acceptors (Lipinski definition) is 5. The molecule has 0 rings (SSSR count). The van der Waals surface area contributed by atoms with E-state index in [1.54, 1.807) is 6.08 Å². The molecule has 0 aromatic carbocycles. The van der Waals surface area contributed by atoms with Crippen molar-refractivity contribution >= 4 is 11.9 Å². The lowest BCUT2D eigenvalue weighted by molar-refractivity contribution is -0.143. The van der Waals surface area contributed by atoms with Gasteiger partial charge in [0.2, 0.25) is 5.91 Å². The maximum Gasteiger partial charge on any atom is 0.305 e. The van der Waals surface area contributed by atoms with E-state index in [1.165, 1.54) is 283 Å². The number of allylic oxidation sites excluding steroid dienone is 1. The molecule has 68 heavy (non-hydrogen) atoms. The lowest BCUT2D eigenvalue weighted by Crippen LogP contribution is -2.45. The molecule has 0 bridgehead atoms. The van der Waals surface area contributed by atoms with Crippen LogP contribution in [-0.2, 0) is 14.3 Å². The minimum atomic E-state index is -0.844. The standard InChI is InChI=1S/C62H121NO5/c1-3-5-7-9-11-13-15-17-18-19-22-26-29-32-36-40-44-48-52-56-62(67)68-57-53-49-45-41-37-33-30-27-24-21-20-23-25-28-31-35-39-43-47-51-55-61(66)63-59(58-64)60(65)54-50-46-42-38-34-16-14-12-10-8-6-4-2/h50,54,59-60,64-65H,3-49,51-53,55-58H2,1-2H3,(H,63,66)/b54-50+. The minimum Gasteiger partial charge on any atom is -0.466 e. The molecular formula is C62H121NO5. The van der Waals surface area contributed by atoms with Gasteiger partial charge in [-0.05, 0) is 32.1 Å². The number of rotatable bonds is 58. The first-order valence-electron chi connectivity index (χ1n) is 31.0. The Morgan fingerprint density at radius 2 is 0.676 bits per heavy atom. The molecule has 2 unspecified atom stereocenters. The summed E-state index contributed by atoms with van der Waals surface area (Å²) in [7, 11) is 0. The van der Waals surface area contributed by atoms with Gasteiger partial charge in [0.1, 0.15) is 0 Å². The van der Waals surface area contributed by atoms with Crippen LogP contribution in [0.5, 0.6) is 0 Å². The second-order valence-corrected chi connectivity index (χ2v) is 21.4. The average Bonchev–Trinajstić information content (AvgIpc) is 3.34. The Bertz CT molecular complexity index is 1020. The quantitative estimate of drug-likeness (QED) is 0.0321. The van der Waals surface area contributed by atoms with E-state index in [0.29, 0.717) is 19.4 Å². The summed E-state index contributed by atoms with van der Waals surface area (Å²) in [5, 5.41) is 23.0. The maximum absolute atomic E-state index is 12.4. The van der Waals surface area contributed by atoms with Crippen molar-refractivity contribution in [1.29, 1.82) is 0 Å². The number of nitrogens with one attached hydrogen (secondary N) is 1. The number of carbonyl (C=O) groups excluding carboxylic acids is 2. The van der Waals surface area contributed by atoms with E-state index in [-0.39, 0.29) is 18.5 Å². The first-order chi connectivity index (χ1) is 33.5. The monoisotopic (exact) mass is 960 g/mol. The highest BCUT2D eigenvalue weighted by Gasteiger charge is 2.18. The summed E-state index contributed by atoms with van der Waals surface area (Å²) in [5.74, 6) is -0.0537. The zero-order valence-electron chi connectivity index (χ0n) is 46.1. The molecule has 0 saturated heterocycles. The van der Waals surface area contributed by atoms with Crippen LogP contribution in [0.2, 0.25) is 0 Å². The fourth-order valence-corrected chi connectivity index (χ4v) is 9.81. The highest BCUT2D eigenvalue weighted by molar-refractivity contribution is 5.76. The fourth-order valence-electron chi connectivity index (χ4n) is 9.81. The summed E-state index contributed by atoms with van der Waals surface area (Å²) in [6.45, 7) is 4.92. The molecule has 0 aliphatic rings. The molecule has 1 amide bonds. The van der Waals surface area contributed by atoms with Crippen LogP contribution < -0.4 is 5.32 Å². The molecule has 0 aromatic rings. The Hall–Kier alpha value is -1.40. The summed E-state index contributed by atoms with van der Waals surface area (Å²) >= 11 is 0. The predicted octanol–water partition coefficient (Wildman–Crippen LogP) is 19.2. The van der Waals surface area contributed by atoms with Gasteiger partial charge in [0.25, 0.3) is 0 Å². The maximum atomic E-state index is 12.4. The third kappa shape index (κ3) is 53.9. The molecule has 0 aliphatic carbocycles. The van der Waals surface area contributed by atoms with Crippen LogP contribution in [0.3, 0.4) is 0 Å². The second kappa shape index (κ2) is 58.2. The summed E-state index contributed by atoms with van der Waals surface area (Å²) < 4.78 is 5.50. The zero-order valence-corrected chi connectivity index (χ0v) is 46.1. The normalized spacial score (nSPS) is 12.6. The first kappa shape index (κ1) is 66.6. The Morgan fingerprint density at radius 1 is 0.397 bits per heavy atom. The van der Waals surface area contributed by atoms with E-state index in [4.69, 9.17) is 4.74 Å². The van der Waals surface area contributed by atoms with Crippen molar-refractivity contribution in [3.8, 4) is 0 Å². The number of esters is 1. The summed E-state index contributed by atoms with van der Waals surface area (Å²) in [6, 6.07) is -0.627. The molecule has 2 atom stereocenters. The summed E-state index contributed by atoms with van der Waals surface area (Å²) in [4.78, 5) is 24.5. The number of carbonyl (C=O) groups is 2. The lowest BCUT2D eigenvalue weighted by atomic mass is 10.0. The van der Waals surface area contributed by atoms with Gasteiger partial charge < -0.3 is 20.3 Å². The SMILES string of the molecule is CCCCCCCCCCCC/C=C/C(O)C(CO)NC(=O)CCCCCCCCCCCCCCCCCCCCCCOC(=O)CCCCCCCCCCCCCCCCCCCCC. The van der Waals surface area contributed by atoms with Gasteiger partial charge in [-0.25, -0.2) is 0 Å². The largest absolute Gasteiger partial charge is 0.466 e. The van der Waals surface area contributed by atoms with Crippen molar-refractivity contribution in [2.45, 2.75) is 360 Å². The number of unbranched alkanes of at least 4 members (excludes halogenated alkanes) is 47. The van der Waals surface area contributed by atoms with Crippen LogP contribution >= 0.6 is 0 Å². The Kier molecular flexibility index (Phi) is 57.0. The molecule has 0 fully saturated rings. The first-order valence-corrected chi connectivity index (χ1v) is 31.0. The molecule has 0 aliphatic heterocycles. The zero-order chi connectivity index (χ0) is 49.3. The number of ether oxygens (including phenoxy) is 1. The molecule has 0 spiro atoms. The molecule has 0 saturated carbocycles. The van der Waals surface area contributed by atoms with Crippen molar-refractivity contribution in [3.05, 3.63) is 12.2 Å². The van der Waals surface area contributed by atoms with Gasteiger partial charge in [-0.15, -0.1) is 0 Å². The van der Waals surface area contributed by atoms with Crippen molar-refractivity contribution in [3.63, 3.8) is 0 Å². The van der Waals surface area contributed by atoms with E-state index < -0.39 is 12.1 Å². The summed E-state index contributed by atoms with van der Waals surface area (Å²) in [6.07, 6.45) is 69.7. The molecular weight excluding hydrogens is 839 g/mol. The molecule has 404 valence electrons. The van der Waals surface area contributed by atoms with E-state index in [9.17, 15) is 19.8 Å². The van der Waals surface area contributed by atoms with Gasteiger partial charge in [-0.1, -0.05) is 315 Å². The number of aliphatic hydroxyl groups is 2. The van der Waals surface area contributed by atoms with Crippen molar-refractivity contribution < 1.29 is 24.5 Å². The van der Waals surface area contributed by atoms with Crippen molar-refractivity contribution in [2.75, 3.05) is 13.2 Å². The van der Waals surface area contributed by atoms with Crippen LogP contribution in [0, 0.1) is 0 Å². The fraction of sp³-hybridized carbons (Fsp3) is 0.935. The second-order valence-electron chi connectivity index (χ2n) is 21.4. The van der Waals surface area contributed by atoms with Crippen LogP contribution in [0.15, 0.2) is 12.2 Å². The van der Waals surface area contributed by atoms with Crippen molar-refractivity contribution in [2.24, 2.45) is 0 Å². The Morgan fingerprint density at radius 3 is 1.00 bits per heavy atom. The predicted molar refractivity (Wildman–Crippen MR) is 297 cm³/mol. The van der Waals surface area contributed by atoms with Crippen LogP contribution in [0.4, 0.5) is 0 Å². The summed E-state index contributed by atoms with van der Waals surface area (Å²) in [5.41, 5.74) is 0. The van der Waals surface area contributed by atoms with Gasteiger partial charge in [0.15, 0.2) is 0 Å². The third-order valence-corrected chi connectivity index (χ3v) is 14.6. The molecule has 0 radical (unpaired) electrons. The molecule has 6 nitrogen and oxygen atoms in total. The van der Waals surface area contributed by atoms with Gasteiger partial charge in [-0.3, -0.25) is 9.59 Å². The highest BCUT2D eigenvalue weighted by atomic mass is 16.5. The number of aliphatic hydroxyl groups excluding tert-OH is 2. The number of hydrogen-bond donors (Lipinski definition) is 3. The average molecular weight is 961 g/mol. The minimum absolute atomic E-state index is 0.0152. The van der Waals surface area contributed by atoms with E-state index in [0.717, 1.165) is 38.5 Å². The van der Waals surface area contributed by atoms with E-state index in [2.05, 4.69) is 19.2 Å². The Balaban J connectivity index is 3.36. The van der Waals surface area contributed by atoms with Crippen LogP contribution in [-0.4, -0.2) is 47.4 Å². The highest BCUT2D eigenvalue weighted by Crippen LogP contribution is 2.18. The van der Waals surface area contributed by atoms with Crippen molar-refractivity contribution in [1.82, 2.24) is 5.32 Å². The van der Waals surface area contributed by atoms with Gasteiger partial charge in [-0.2, -0.15) is 0 Å². The smallest absolute Gasteiger partial charge is 0.305 e.